The van der Waals surface area contributed by atoms with Crippen LogP contribution in [-0.4, -0.2) is 57.6 Å². The van der Waals surface area contributed by atoms with Crippen LogP contribution in [0.15, 0.2) is 23.2 Å². The molecule has 0 unspecified atom stereocenters. The molecule has 5 heteroatoms. The number of methoxy groups -OCH3 is 1. The lowest BCUT2D eigenvalue weighted by molar-refractivity contribution is 0.386. The molecule has 0 spiro atoms. The standard InChI is InChI=1S/C14H22FN3O/c1-17(2)14(18(3)4)16-9-8-11-6-7-13(19-5)12(15)10-11/h6-7,10H,8-9H2,1-5H3. The predicted molar refractivity (Wildman–Crippen MR) is 76.3 cm³/mol. The quantitative estimate of drug-likeness (QED) is 0.615. The summed E-state index contributed by atoms with van der Waals surface area (Å²) in [6.45, 7) is 0.622. The van der Waals surface area contributed by atoms with E-state index in [9.17, 15) is 4.39 Å². The first-order chi connectivity index (χ1) is 8.95. The number of hydrogen-bond acceptors (Lipinski definition) is 2. The first kappa shape index (κ1) is 15.3. The van der Waals surface area contributed by atoms with Crippen LogP contribution in [0.5, 0.6) is 5.75 Å². The lowest BCUT2D eigenvalue weighted by Gasteiger charge is -2.22. The summed E-state index contributed by atoms with van der Waals surface area (Å²) >= 11 is 0. The van der Waals surface area contributed by atoms with E-state index in [0.29, 0.717) is 13.0 Å². The van der Waals surface area contributed by atoms with E-state index in [0.717, 1.165) is 11.5 Å². The van der Waals surface area contributed by atoms with Gasteiger partial charge >= 0.3 is 0 Å². The van der Waals surface area contributed by atoms with E-state index in [4.69, 9.17) is 4.74 Å². The minimum absolute atomic E-state index is 0.273. The van der Waals surface area contributed by atoms with Crippen LogP contribution in [0.4, 0.5) is 4.39 Å². The molecule has 1 aromatic rings. The van der Waals surface area contributed by atoms with Crippen molar-refractivity contribution in [3.8, 4) is 5.75 Å². The molecule has 0 bridgehead atoms. The fourth-order valence-corrected chi connectivity index (χ4v) is 1.83. The van der Waals surface area contributed by atoms with Crippen LogP contribution in [-0.2, 0) is 6.42 Å². The highest BCUT2D eigenvalue weighted by Gasteiger charge is 2.05. The number of benzene rings is 1. The van der Waals surface area contributed by atoms with E-state index in [2.05, 4.69) is 4.99 Å². The second-order valence-corrected chi connectivity index (χ2v) is 4.69. The summed E-state index contributed by atoms with van der Waals surface area (Å²) in [7, 11) is 9.26. The lowest BCUT2D eigenvalue weighted by Crippen LogP contribution is -2.35. The third-order valence-corrected chi connectivity index (χ3v) is 2.67. The van der Waals surface area contributed by atoms with Crippen molar-refractivity contribution < 1.29 is 9.13 Å². The fourth-order valence-electron chi connectivity index (χ4n) is 1.83. The van der Waals surface area contributed by atoms with Gasteiger partial charge in [-0.1, -0.05) is 6.07 Å². The molecule has 4 nitrogen and oxygen atoms in total. The van der Waals surface area contributed by atoms with E-state index in [1.54, 1.807) is 6.07 Å². The molecule has 0 fully saturated rings. The normalized spacial score (nSPS) is 10.0. The average Bonchev–Trinajstić information content (AvgIpc) is 2.33. The van der Waals surface area contributed by atoms with Crippen LogP contribution in [0.2, 0.25) is 0 Å². The zero-order valence-corrected chi connectivity index (χ0v) is 12.3. The molecular weight excluding hydrogens is 245 g/mol. The van der Waals surface area contributed by atoms with Gasteiger partial charge < -0.3 is 14.5 Å². The first-order valence-electron chi connectivity index (χ1n) is 6.17. The predicted octanol–water partition coefficient (Wildman–Crippen LogP) is 1.86. The van der Waals surface area contributed by atoms with Gasteiger partial charge in [0.05, 0.1) is 7.11 Å². The minimum Gasteiger partial charge on any atom is -0.494 e. The topological polar surface area (TPSA) is 28.1 Å². The zero-order chi connectivity index (χ0) is 14.4. The van der Waals surface area contributed by atoms with Crippen LogP contribution in [0, 0.1) is 5.82 Å². The van der Waals surface area contributed by atoms with Gasteiger partial charge in [-0.25, -0.2) is 4.39 Å². The Hall–Kier alpha value is -1.78. The highest BCUT2D eigenvalue weighted by molar-refractivity contribution is 5.79. The van der Waals surface area contributed by atoms with Crippen LogP contribution in [0.1, 0.15) is 5.56 Å². The molecule has 0 saturated heterocycles. The summed E-state index contributed by atoms with van der Waals surface area (Å²) in [6, 6.07) is 5.01. The largest absolute Gasteiger partial charge is 0.494 e. The molecule has 0 N–H and O–H groups in total. The Kier molecular flexibility index (Phi) is 5.60. The Labute approximate surface area is 114 Å². The van der Waals surface area contributed by atoms with Crippen molar-refractivity contribution >= 4 is 5.96 Å². The van der Waals surface area contributed by atoms with Gasteiger partial charge in [-0.15, -0.1) is 0 Å². The molecule has 1 rings (SSSR count). The molecule has 0 aliphatic rings. The molecule has 0 aromatic heterocycles. The van der Waals surface area contributed by atoms with Crippen LogP contribution in [0.25, 0.3) is 0 Å². The first-order valence-corrected chi connectivity index (χ1v) is 6.17. The molecule has 1 aromatic carbocycles. The van der Waals surface area contributed by atoms with Crippen molar-refractivity contribution in [3.63, 3.8) is 0 Å². The van der Waals surface area contributed by atoms with Crippen LogP contribution in [0.3, 0.4) is 0 Å². The van der Waals surface area contributed by atoms with E-state index >= 15 is 0 Å². The Balaban J connectivity index is 2.66. The van der Waals surface area contributed by atoms with Crippen molar-refractivity contribution in [2.45, 2.75) is 6.42 Å². The van der Waals surface area contributed by atoms with Crippen molar-refractivity contribution in [1.29, 1.82) is 0 Å². The maximum absolute atomic E-state index is 13.5. The van der Waals surface area contributed by atoms with Crippen LogP contribution >= 0.6 is 0 Å². The maximum atomic E-state index is 13.5. The molecule has 0 aliphatic heterocycles. The average molecular weight is 267 g/mol. The summed E-state index contributed by atoms with van der Waals surface area (Å²) in [4.78, 5) is 8.41. The second kappa shape index (κ2) is 6.97. The Morgan fingerprint density at radius 1 is 1.21 bits per heavy atom. The van der Waals surface area contributed by atoms with Crippen molar-refractivity contribution in [3.05, 3.63) is 29.6 Å². The molecule has 0 amide bonds. The molecule has 0 atom stereocenters. The number of halogens is 1. The minimum atomic E-state index is -0.329. The number of nitrogens with zero attached hydrogens (tertiary/aromatic N) is 3. The van der Waals surface area contributed by atoms with Crippen molar-refractivity contribution in [1.82, 2.24) is 9.80 Å². The lowest BCUT2D eigenvalue weighted by atomic mass is 10.1. The van der Waals surface area contributed by atoms with Gasteiger partial charge in [-0.05, 0) is 24.1 Å². The Morgan fingerprint density at radius 2 is 1.84 bits per heavy atom. The van der Waals surface area contributed by atoms with Gasteiger partial charge in [0.15, 0.2) is 17.5 Å². The van der Waals surface area contributed by atoms with Gasteiger partial charge in [-0.3, -0.25) is 4.99 Å². The summed E-state index contributed by atoms with van der Waals surface area (Å²) < 4.78 is 18.4. The van der Waals surface area contributed by atoms with Gasteiger partial charge in [-0.2, -0.15) is 0 Å². The van der Waals surface area contributed by atoms with E-state index < -0.39 is 0 Å². The van der Waals surface area contributed by atoms with E-state index in [1.165, 1.54) is 13.2 Å². The van der Waals surface area contributed by atoms with Gasteiger partial charge in [0, 0.05) is 34.7 Å². The summed E-state index contributed by atoms with van der Waals surface area (Å²) in [5.74, 6) is 0.841. The number of ether oxygens (including phenoxy) is 1. The molecule has 19 heavy (non-hydrogen) atoms. The smallest absolute Gasteiger partial charge is 0.195 e. The monoisotopic (exact) mass is 267 g/mol. The van der Waals surface area contributed by atoms with Crippen molar-refractivity contribution in [2.75, 3.05) is 41.8 Å². The molecule has 0 radical (unpaired) electrons. The maximum Gasteiger partial charge on any atom is 0.195 e. The van der Waals surface area contributed by atoms with Gasteiger partial charge in [0.1, 0.15) is 0 Å². The number of rotatable bonds is 4. The van der Waals surface area contributed by atoms with E-state index in [-0.39, 0.29) is 11.6 Å². The Bertz CT molecular complexity index is 434. The number of aliphatic imine (C=N–C) groups is 1. The molecular formula is C14H22FN3O. The Morgan fingerprint density at radius 3 is 2.32 bits per heavy atom. The summed E-state index contributed by atoms with van der Waals surface area (Å²) in [5, 5.41) is 0. The SMILES string of the molecule is COc1ccc(CCN=C(N(C)C)N(C)C)cc1F. The second-order valence-electron chi connectivity index (χ2n) is 4.69. The highest BCUT2D eigenvalue weighted by Crippen LogP contribution is 2.17. The summed E-state index contributed by atoms with van der Waals surface area (Å²) in [5.41, 5.74) is 0.916. The molecule has 0 saturated carbocycles. The summed E-state index contributed by atoms with van der Waals surface area (Å²) in [6.07, 6.45) is 0.700. The fraction of sp³-hybridized carbons (Fsp3) is 0.500. The number of guanidine groups is 1. The third-order valence-electron chi connectivity index (χ3n) is 2.67. The zero-order valence-electron chi connectivity index (χ0n) is 12.3. The molecule has 106 valence electrons. The van der Waals surface area contributed by atoms with Gasteiger partial charge in [0.2, 0.25) is 0 Å². The number of hydrogen-bond donors (Lipinski definition) is 0. The van der Waals surface area contributed by atoms with Gasteiger partial charge in [0.25, 0.3) is 0 Å². The van der Waals surface area contributed by atoms with Crippen LogP contribution < -0.4 is 4.74 Å². The molecule has 0 aliphatic carbocycles. The third kappa shape index (κ3) is 4.43. The highest BCUT2D eigenvalue weighted by atomic mass is 19.1. The molecule has 0 heterocycles. The van der Waals surface area contributed by atoms with E-state index in [1.807, 2.05) is 44.1 Å². The van der Waals surface area contributed by atoms with Crippen molar-refractivity contribution in [2.24, 2.45) is 4.99 Å².